The van der Waals surface area contributed by atoms with E-state index < -0.39 is 5.60 Å². The molecule has 1 aromatic heterocycles. The first-order valence-corrected chi connectivity index (χ1v) is 8.73. The van der Waals surface area contributed by atoms with Gasteiger partial charge in [0.15, 0.2) is 0 Å². The molecule has 4 nitrogen and oxygen atoms in total. The summed E-state index contributed by atoms with van der Waals surface area (Å²) in [6.07, 6.45) is 1.05. The summed E-state index contributed by atoms with van der Waals surface area (Å²) in [5, 5.41) is 13.2. The molecule has 0 saturated carbocycles. The molecule has 24 heavy (non-hydrogen) atoms. The third-order valence-corrected chi connectivity index (χ3v) is 5.35. The standard InChI is InChI=1S/C18H20FNO3S/c1-12-15(13-2-4-14(19)5-3-13)10-16(24-12)17(21)20-11-18(22)6-8-23-9-7-18/h2-5,10,22H,6-9,11H2,1H3,(H,20,21). The van der Waals surface area contributed by atoms with Gasteiger partial charge in [0.2, 0.25) is 0 Å². The van der Waals surface area contributed by atoms with Crippen LogP contribution in [0, 0.1) is 12.7 Å². The molecule has 1 amide bonds. The quantitative estimate of drug-likeness (QED) is 0.892. The van der Waals surface area contributed by atoms with Crippen molar-refractivity contribution in [1.82, 2.24) is 5.32 Å². The molecule has 1 fully saturated rings. The number of carbonyl (C=O) groups is 1. The Kier molecular flexibility index (Phi) is 4.99. The van der Waals surface area contributed by atoms with Gasteiger partial charge in [0.1, 0.15) is 5.82 Å². The fourth-order valence-corrected chi connectivity index (χ4v) is 3.73. The third-order valence-electron chi connectivity index (χ3n) is 4.30. The van der Waals surface area contributed by atoms with Gasteiger partial charge in [-0.05, 0) is 36.2 Å². The van der Waals surface area contributed by atoms with Crippen molar-refractivity contribution in [2.24, 2.45) is 0 Å². The summed E-state index contributed by atoms with van der Waals surface area (Å²) >= 11 is 1.39. The number of thiophene rings is 1. The number of halogens is 1. The molecular weight excluding hydrogens is 329 g/mol. The SMILES string of the molecule is Cc1sc(C(=O)NCC2(O)CCOCC2)cc1-c1ccc(F)cc1. The van der Waals surface area contributed by atoms with Gasteiger partial charge in [0, 0.05) is 37.5 Å². The van der Waals surface area contributed by atoms with Crippen LogP contribution < -0.4 is 5.32 Å². The van der Waals surface area contributed by atoms with Gasteiger partial charge in [-0.1, -0.05) is 12.1 Å². The zero-order valence-electron chi connectivity index (χ0n) is 13.5. The van der Waals surface area contributed by atoms with E-state index in [9.17, 15) is 14.3 Å². The molecule has 1 aliphatic rings. The first-order valence-electron chi connectivity index (χ1n) is 7.92. The normalized spacial score (nSPS) is 16.8. The third kappa shape index (κ3) is 3.83. The van der Waals surface area contributed by atoms with E-state index in [4.69, 9.17) is 4.74 Å². The number of rotatable bonds is 4. The first kappa shape index (κ1) is 17.1. The van der Waals surface area contributed by atoms with Crippen LogP contribution in [0.4, 0.5) is 4.39 Å². The van der Waals surface area contributed by atoms with Gasteiger partial charge < -0.3 is 15.2 Å². The lowest BCUT2D eigenvalue weighted by Gasteiger charge is -2.31. The lowest BCUT2D eigenvalue weighted by atomic mass is 9.94. The van der Waals surface area contributed by atoms with Gasteiger partial charge in [0.25, 0.3) is 5.91 Å². The number of hydrogen-bond donors (Lipinski definition) is 2. The van der Waals surface area contributed by atoms with Crippen molar-refractivity contribution in [3.63, 3.8) is 0 Å². The van der Waals surface area contributed by atoms with Crippen LogP contribution in [-0.2, 0) is 4.74 Å². The number of carbonyl (C=O) groups excluding carboxylic acids is 1. The summed E-state index contributed by atoms with van der Waals surface area (Å²) in [6.45, 7) is 3.18. The number of amides is 1. The molecule has 1 saturated heterocycles. The van der Waals surface area contributed by atoms with Crippen LogP contribution in [0.1, 0.15) is 27.4 Å². The van der Waals surface area contributed by atoms with Crippen molar-refractivity contribution in [3.05, 3.63) is 45.9 Å². The highest BCUT2D eigenvalue weighted by Gasteiger charge is 2.30. The van der Waals surface area contributed by atoms with Crippen LogP contribution in [0.2, 0.25) is 0 Å². The maximum absolute atomic E-state index is 13.1. The predicted molar refractivity (Wildman–Crippen MR) is 91.8 cm³/mol. The largest absolute Gasteiger partial charge is 0.388 e. The van der Waals surface area contributed by atoms with Gasteiger partial charge in [-0.3, -0.25) is 4.79 Å². The Bertz CT molecular complexity index is 720. The Balaban J connectivity index is 1.69. The van der Waals surface area contributed by atoms with Crippen molar-refractivity contribution in [2.45, 2.75) is 25.4 Å². The first-order chi connectivity index (χ1) is 11.5. The van der Waals surface area contributed by atoms with Crippen molar-refractivity contribution in [3.8, 4) is 11.1 Å². The molecule has 1 aliphatic heterocycles. The van der Waals surface area contributed by atoms with E-state index in [2.05, 4.69) is 5.32 Å². The molecule has 0 unspecified atom stereocenters. The summed E-state index contributed by atoms with van der Waals surface area (Å²) in [6, 6.07) is 8.05. The minimum absolute atomic E-state index is 0.198. The number of aryl methyl sites for hydroxylation is 1. The molecule has 0 aliphatic carbocycles. The smallest absolute Gasteiger partial charge is 0.261 e. The van der Waals surface area contributed by atoms with Crippen molar-refractivity contribution < 1.29 is 19.0 Å². The zero-order valence-corrected chi connectivity index (χ0v) is 14.3. The van der Waals surface area contributed by atoms with Crippen LogP contribution in [0.3, 0.4) is 0 Å². The fourth-order valence-electron chi connectivity index (χ4n) is 2.77. The highest BCUT2D eigenvalue weighted by molar-refractivity contribution is 7.14. The van der Waals surface area contributed by atoms with Crippen LogP contribution in [0.25, 0.3) is 11.1 Å². The second kappa shape index (κ2) is 7.01. The summed E-state index contributed by atoms with van der Waals surface area (Å²) in [5.41, 5.74) is 0.919. The maximum atomic E-state index is 13.1. The van der Waals surface area contributed by atoms with Crippen LogP contribution in [0.5, 0.6) is 0 Å². The number of nitrogens with one attached hydrogen (secondary N) is 1. The second-order valence-electron chi connectivity index (χ2n) is 6.11. The molecule has 0 spiro atoms. The predicted octanol–water partition coefficient (Wildman–Crippen LogP) is 3.13. The monoisotopic (exact) mass is 349 g/mol. The minimum atomic E-state index is -0.889. The Morgan fingerprint density at radius 1 is 1.33 bits per heavy atom. The van der Waals surface area contributed by atoms with Crippen LogP contribution >= 0.6 is 11.3 Å². The lowest BCUT2D eigenvalue weighted by molar-refractivity contribution is -0.0605. The molecule has 2 N–H and O–H groups in total. The van der Waals surface area contributed by atoms with Crippen molar-refractivity contribution >= 4 is 17.2 Å². The Labute approximate surface area is 144 Å². The van der Waals surface area contributed by atoms with Gasteiger partial charge in [-0.2, -0.15) is 0 Å². The average molecular weight is 349 g/mol. The van der Waals surface area contributed by atoms with E-state index in [1.165, 1.54) is 23.5 Å². The molecule has 0 atom stereocenters. The summed E-state index contributed by atoms with van der Waals surface area (Å²) in [4.78, 5) is 14.0. The fraction of sp³-hybridized carbons (Fsp3) is 0.389. The van der Waals surface area contributed by atoms with E-state index in [0.717, 1.165) is 16.0 Å². The van der Waals surface area contributed by atoms with E-state index in [1.54, 1.807) is 12.1 Å². The Hall–Kier alpha value is -1.76. The highest BCUT2D eigenvalue weighted by atomic mass is 32.1. The molecule has 1 aromatic carbocycles. The van der Waals surface area contributed by atoms with E-state index in [-0.39, 0.29) is 18.3 Å². The van der Waals surface area contributed by atoms with Gasteiger partial charge in [-0.25, -0.2) is 4.39 Å². The Morgan fingerprint density at radius 3 is 2.67 bits per heavy atom. The number of hydrogen-bond acceptors (Lipinski definition) is 4. The van der Waals surface area contributed by atoms with E-state index in [1.807, 2.05) is 13.0 Å². The van der Waals surface area contributed by atoms with Crippen LogP contribution in [0.15, 0.2) is 30.3 Å². The molecule has 2 heterocycles. The second-order valence-corrected chi connectivity index (χ2v) is 7.36. The summed E-state index contributed by atoms with van der Waals surface area (Å²) in [5.74, 6) is -0.481. The molecule has 0 bridgehead atoms. The van der Waals surface area contributed by atoms with Gasteiger partial charge >= 0.3 is 0 Å². The average Bonchev–Trinajstić information content (AvgIpc) is 2.96. The molecule has 0 radical (unpaired) electrons. The Morgan fingerprint density at radius 2 is 2.00 bits per heavy atom. The molecular formula is C18H20FNO3S. The van der Waals surface area contributed by atoms with Crippen LogP contribution in [-0.4, -0.2) is 36.4 Å². The highest BCUT2D eigenvalue weighted by Crippen LogP contribution is 2.31. The molecule has 3 rings (SSSR count). The summed E-state index contributed by atoms with van der Waals surface area (Å²) in [7, 11) is 0. The molecule has 128 valence electrons. The topological polar surface area (TPSA) is 58.6 Å². The maximum Gasteiger partial charge on any atom is 0.261 e. The van der Waals surface area contributed by atoms with E-state index >= 15 is 0 Å². The van der Waals surface area contributed by atoms with Gasteiger partial charge in [0.05, 0.1) is 10.5 Å². The summed E-state index contributed by atoms with van der Waals surface area (Å²) < 4.78 is 18.3. The van der Waals surface area contributed by atoms with Crippen molar-refractivity contribution in [2.75, 3.05) is 19.8 Å². The van der Waals surface area contributed by atoms with Crippen molar-refractivity contribution in [1.29, 1.82) is 0 Å². The number of ether oxygens (including phenoxy) is 1. The number of benzene rings is 1. The zero-order chi connectivity index (χ0) is 17.2. The lowest BCUT2D eigenvalue weighted by Crippen LogP contribution is -2.46. The number of aliphatic hydroxyl groups is 1. The minimum Gasteiger partial charge on any atom is -0.388 e. The molecule has 2 aromatic rings. The van der Waals surface area contributed by atoms with Gasteiger partial charge in [-0.15, -0.1) is 11.3 Å². The molecule has 6 heteroatoms. The van der Waals surface area contributed by atoms with E-state index in [0.29, 0.717) is 30.9 Å².